The second-order valence-electron chi connectivity index (χ2n) is 8.21. The molecule has 0 spiro atoms. The van der Waals surface area contributed by atoms with E-state index in [4.69, 9.17) is 0 Å². The monoisotopic (exact) mass is 465 g/mol. The molecule has 2 fully saturated rings. The molecular formula is C22H23F4N5O2. The Morgan fingerprint density at radius 2 is 2.00 bits per heavy atom. The Bertz CT molecular complexity index is 1030. The van der Waals surface area contributed by atoms with Gasteiger partial charge in [0.05, 0.1) is 18.2 Å². The first-order chi connectivity index (χ1) is 15.7. The SMILES string of the molecule is CC[C@H](F)[C@H]1CN(c2ccc(C3CC3)cn2)C(=O)N1CC(=O)Nc1cc(C(F)(F)F)ccn1. The highest BCUT2D eigenvalue weighted by Crippen LogP contribution is 2.40. The number of carbonyl (C=O) groups excluding carboxylic acids is 2. The third-order valence-electron chi connectivity index (χ3n) is 5.82. The molecule has 33 heavy (non-hydrogen) atoms. The molecule has 1 saturated heterocycles. The maximum atomic E-state index is 14.7. The van der Waals surface area contributed by atoms with Gasteiger partial charge in [0.2, 0.25) is 5.91 Å². The Morgan fingerprint density at radius 1 is 1.24 bits per heavy atom. The summed E-state index contributed by atoms with van der Waals surface area (Å²) in [5.41, 5.74) is 0.119. The first-order valence-corrected chi connectivity index (χ1v) is 10.7. The summed E-state index contributed by atoms with van der Waals surface area (Å²) in [6.07, 6.45) is -1.00. The molecule has 2 aliphatic rings. The van der Waals surface area contributed by atoms with E-state index in [-0.39, 0.29) is 18.8 Å². The zero-order chi connectivity index (χ0) is 23.8. The predicted molar refractivity (Wildman–Crippen MR) is 113 cm³/mol. The first-order valence-electron chi connectivity index (χ1n) is 10.7. The highest BCUT2D eigenvalue weighted by Gasteiger charge is 2.43. The second-order valence-corrected chi connectivity index (χ2v) is 8.21. The van der Waals surface area contributed by atoms with Crippen molar-refractivity contribution < 1.29 is 27.2 Å². The molecule has 1 aliphatic heterocycles. The third-order valence-corrected chi connectivity index (χ3v) is 5.82. The molecule has 3 heterocycles. The number of alkyl halides is 4. The van der Waals surface area contributed by atoms with Crippen LogP contribution in [0.1, 0.15) is 43.2 Å². The van der Waals surface area contributed by atoms with Gasteiger partial charge in [-0.3, -0.25) is 9.69 Å². The van der Waals surface area contributed by atoms with E-state index in [9.17, 15) is 27.2 Å². The lowest BCUT2D eigenvalue weighted by atomic mass is 10.1. The van der Waals surface area contributed by atoms with Crippen molar-refractivity contribution in [3.63, 3.8) is 0 Å². The zero-order valence-corrected chi connectivity index (χ0v) is 17.8. The molecule has 2 aromatic heterocycles. The van der Waals surface area contributed by atoms with Crippen LogP contribution in [-0.2, 0) is 11.0 Å². The van der Waals surface area contributed by atoms with Crippen LogP contribution in [0.3, 0.4) is 0 Å². The predicted octanol–water partition coefficient (Wildman–Crippen LogP) is 4.37. The van der Waals surface area contributed by atoms with Crippen molar-refractivity contribution in [2.45, 2.75) is 50.5 Å². The van der Waals surface area contributed by atoms with Crippen molar-refractivity contribution in [1.82, 2.24) is 14.9 Å². The van der Waals surface area contributed by atoms with Crippen LogP contribution in [0.25, 0.3) is 0 Å². The number of aromatic nitrogens is 2. The summed E-state index contributed by atoms with van der Waals surface area (Å²) in [5, 5.41) is 2.26. The number of hydrogen-bond donors (Lipinski definition) is 1. The van der Waals surface area contributed by atoms with Gasteiger partial charge in [0, 0.05) is 12.4 Å². The van der Waals surface area contributed by atoms with Gasteiger partial charge in [-0.2, -0.15) is 13.2 Å². The highest BCUT2D eigenvalue weighted by molar-refractivity contribution is 5.99. The maximum absolute atomic E-state index is 14.7. The molecule has 2 aromatic rings. The van der Waals surface area contributed by atoms with Gasteiger partial charge in [-0.05, 0) is 48.9 Å². The molecule has 1 saturated carbocycles. The van der Waals surface area contributed by atoms with Gasteiger partial charge in [0.15, 0.2) is 0 Å². The summed E-state index contributed by atoms with van der Waals surface area (Å²) in [7, 11) is 0. The topological polar surface area (TPSA) is 78.4 Å². The number of halogens is 4. The van der Waals surface area contributed by atoms with Crippen molar-refractivity contribution in [2.24, 2.45) is 0 Å². The fraction of sp³-hybridized carbons (Fsp3) is 0.455. The Balaban J connectivity index is 1.48. The molecule has 0 aromatic carbocycles. The van der Waals surface area contributed by atoms with Crippen LogP contribution >= 0.6 is 0 Å². The van der Waals surface area contributed by atoms with Crippen molar-refractivity contribution in [3.8, 4) is 0 Å². The van der Waals surface area contributed by atoms with E-state index in [2.05, 4.69) is 15.3 Å². The fourth-order valence-corrected chi connectivity index (χ4v) is 3.85. The van der Waals surface area contributed by atoms with E-state index in [0.29, 0.717) is 17.8 Å². The van der Waals surface area contributed by atoms with Crippen LogP contribution in [0, 0.1) is 0 Å². The number of anilines is 2. The normalized spacial score (nSPS) is 19.7. The minimum atomic E-state index is -4.59. The van der Waals surface area contributed by atoms with Crippen molar-refractivity contribution in [1.29, 1.82) is 0 Å². The molecule has 1 N–H and O–H groups in total. The molecule has 176 valence electrons. The van der Waals surface area contributed by atoms with Crippen LogP contribution in [0.2, 0.25) is 0 Å². The number of nitrogens with zero attached hydrogens (tertiary/aromatic N) is 4. The van der Waals surface area contributed by atoms with Gasteiger partial charge < -0.3 is 10.2 Å². The molecule has 11 heteroatoms. The van der Waals surface area contributed by atoms with Gasteiger partial charge in [0.25, 0.3) is 0 Å². The second kappa shape index (κ2) is 8.95. The summed E-state index contributed by atoms with van der Waals surface area (Å²) in [5.74, 6) is -0.226. The molecule has 0 radical (unpaired) electrons. The van der Waals surface area contributed by atoms with E-state index in [1.54, 1.807) is 19.2 Å². The minimum absolute atomic E-state index is 0.0126. The number of carbonyl (C=O) groups is 2. The third kappa shape index (κ3) is 5.07. The standard InChI is InChI=1S/C22H23F4N5O2/c1-2-16(23)17-11-31(19-6-5-14(10-28-19)13-3-4-13)21(33)30(17)12-20(32)29-18-9-15(7-8-27-18)22(24,25)26/h5-10,13,16-17H,2-4,11-12H2,1H3,(H,27,29,32)/t16-,17+/m0/s1. The Labute approximate surface area is 187 Å². The van der Waals surface area contributed by atoms with E-state index in [0.717, 1.165) is 35.6 Å². The molecule has 4 rings (SSSR count). The van der Waals surface area contributed by atoms with Crippen molar-refractivity contribution in [2.75, 3.05) is 23.3 Å². The van der Waals surface area contributed by atoms with E-state index in [1.807, 2.05) is 6.07 Å². The van der Waals surface area contributed by atoms with Crippen LogP contribution in [0.5, 0.6) is 0 Å². The largest absolute Gasteiger partial charge is 0.416 e. The average Bonchev–Trinajstić information content (AvgIpc) is 3.58. The quantitative estimate of drug-likeness (QED) is 0.616. The lowest BCUT2D eigenvalue weighted by Crippen LogP contribution is -2.44. The first kappa shape index (κ1) is 22.9. The van der Waals surface area contributed by atoms with Crippen LogP contribution in [-0.4, -0.2) is 52.1 Å². The average molecular weight is 465 g/mol. The van der Waals surface area contributed by atoms with Gasteiger partial charge in [-0.1, -0.05) is 13.0 Å². The number of amides is 3. The molecule has 7 nitrogen and oxygen atoms in total. The van der Waals surface area contributed by atoms with Crippen LogP contribution in [0.15, 0.2) is 36.7 Å². The van der Waals surface area contributed by atoms with Gasteiger partial charge in [0.1, 0.15) is 24.4 Å². The summed E-state index contributed by atoms with van der Waals surface area (Å²) in [6.45, 7) is 1.11. The molecule has 3 amide bonds. The van der Waals surface area contributed by atoms with E-state index in [1.165, 1.54) is 4.90 Å². The fourth-order valence-electron chi connectivity index (χ4n) is 3.85. The molecule has 2 atom stereocenters. The Hall–Kier alpha value is -3.24. The van der Waals surface area contributed by atoms with Gasteiger partial charge in [-0.15, -0.1) is 0 Å². The van der Waals surface area contributed by atoms with E-state index >= 15 is 0 Å². The Kier molecular flexibility index (Phi) is 6.22. The zero-order valence-electron chi connectivity index (χ0n) is 17.8. The number of rotatable bonds is 7. The molecular weight excluding hydrogens is 442 g/mol. The summed E-state index contributed by atoms with van der Waals surface area (Å²) in [6, 6.07) is 3.59. The van der Waals surface area contributed by atoms with Gasteiger partial charge in [-0.25, -0.2) is 19.2 Å². The number of pyridine rings is 2. The smallest absolute Gasteiger partial charge is 0.309 e. The van der Waals surface area contributed by atoms with E-state index < -0.39 is 42.4 Å². The molecule has 0 bridgehead atoms. The van der Waals surface area contributed by atoms with Crippen molar-refractivity contribution in [3.05, 3.63) is 47.8 Å². The number of hydrogen-bond acceptors (Lipinski definition) is 4. The van der Waals surface area contributed by atoms with Crippen LogP contribution < -0.4 is 10.2 Å². The minimum Gasteiger partial charge on any atom is -0.309 e. The maximum Gasteiger partial charge on any atom is 0.416 e. The summed E-state index contributed by atoms with van der Waals surface area (Å²) < 4.78 is 53.4. The van der Waals surface area contributed by atoms with Gasteiger partial charge >= 0.3 is 12.2 Å². The Morgan fingerprint density at radius 3 is 2.61 bits per heavy atom. The number of urea groups is 1. The number of nitrogens with one attached hydrogen (secondary N) is 1. The summed E-state index contributed by atoms with van der Waals surface area (Å²) >= 11 is 0. The molecule has 0 unspecified atom stereocenters. The lowest BCUT2D eigenvalue weighted by molar-refractivity contribution is -0.137. The summed E-state index contributed by atoms with van der Waals surface area (Å²) in [4.78, 5) is 36.0. The molecule has 1 aliphatic carbocycles. The van der Waals surface area contributed by atoms with Crippen LogP contribution in [0.4, 0.5) is 34.0 Å². The lowest BCUT2D eigenvalue weighted by Gasteiger charge is -2.24. The van der Waals surface area contributed by atoms with Crippen molar-refractivity contribution >= 4 is 23.6 Å². The highest BCUT2D eigenvalue weighted by atomic mass is 19.4.